The SMILES string of the molecule is CC(=O)NCC(=O)NCC(=O)NCc1ccnc2c(SSc3cccc4c(CNC(=O)CNC(=O)CNC(C)=O)ccnc34)cccc12. The van der Waals surface area contributed by atoms with Crippen molar-refractivity contribution in [1.29, 1.82) is 0 Å². The molecule has 0 saturated heterocycles. The fraction of sp³-hybridized carbons (Fsp3) is 0.250. The van der Waals surface area contributed by atoms with Crippen LogP contribution >= 0.6 is 21.6 Å². The zero-order valence-electron chi connectivity index (χ0n) is 26.2. The zero-order chi connectivity index (χ0) is 34.5. The Morgan fingerprint density at radius 3 is 1.29 bits per heavy atom. The van der Waals surface area contributed by atoms with Crippen molar-refractivity contribution < 1.29 is 28.8 Å². The van der Waals surface area contributed by atoms with Gasteiger partial charge in [0.05, 0.1) is 37.2 Å². The van der Waals surface area contributed by atoms with E-state index in [1.165, 1.54) is 35.4 Å². The molecule has 16 heteroatoms. The number of carbonyl (C=O) groups is 6. The molecule has 0 unspecified atom stereocenters. The van der Waals surface area contributed by atoms with Gasteiger partial charge < -0.3 is 31.9 Å². The van der Waals surface area contributed by atoms with Crippen LogP contribution in [0.15, 0.2) is 70.7 Å². The highest BCUT2D eigenvalue weighted by Crippen LogP contribution is 2.42. The Kier molecular flexibility index (Phi) is 13.1. The lowest BCUT2D eigenvalue weighted by Gasteiger charge is -2.12. The lowest BCUT2D eigenvalue weighted by molar-refractivity contribution is -0.127. The van der Waals surface area contributed by atoms with Gasteiger partial charge in [-0.05, 0) is 35.4 Å². The van der Waals surface area contributed by atoms with Crippen molar-refractivity contribution in [1.82, 2.24) is 41.9 Å². The minimum Gasteiger partial charge on any atom is -0.350 e. The summed E-state index contributed by atoms with van der Waals surface area (Å²) >= 11 is 0. The second-order valence-corrected chi connectivity index (χ2v) is 12.6. The molecule has 250 valence electrons. The van der Waals surface area contributed by atoms with Gasteiger partial charge in [0.1, 0.15) is 0 Å². The zero-order valence-corrected chi connectivity index (χ0v) is 27.8. The molecule has 2 heterocycles. The van der Waals surface area contributed by atoms with E-state index in [0.717, 1.165) is 42.7 Å². The van der Waals surface area contributed by atoms with Gasteiger partial charge in [0.25, 0.3) is 0 Å². The molecule has 2 aromatic carbocycles. The van der Waals surface area contributed by atoms with E-state index in [0.29, 0.717) is 0 Å². The number of hydrogen-bond acceptors (Lipinski definition) is 10. The lowest BCUT2D eigenvalue weighted by Crippen LogP contribution is -2.41. The number of hydrogen-bond donors (Lipinski definition) is 6. The van der Waals surface area contributed by atoms with E-state index in [1.807, 2.05) is 48.5 Å². The fourth-order valence-corrected chi connectivity index (χ4v) is 6.63. The fourth-order valence-electron chi connectivity index (χ4n) is 4.35. The molecule has 2 aromatic heterocycles. The summed E-state index contributed by atoms with van der Waals surface area (Å²) in [7, 11) is 3.04. The van der Waals surface area contributed by atoms with E-state index in [9.17, 15) is 28.8 Å². The number of nitrogens with zero attached hydrogens (tertiary/aromatic N) is 2. The highest BCUT2D eigenvalue weighted by molar-refractivity contribution is 8.76. The first-order valence-corrected chi connectivity index (χ1v) is 16.9. The number of fused-ring (bicyclic) bond motifs is 2. The smallest absolute Gasteiger partial charge is 0.239 e. The molecule has 48 heavy (non-hydrogen) atoms. The van der Waals surface area contributed by atoms with Crippen LogP contribution < -0.4 is 31.9 Å². The summed E-state index contributed by atoms with van der Waals surface area (Å²) in [5.41, 5.74) is 3.25. The summed E-state index contributed by atoms with van der Waals surface area (Å²) in [6, 6.07) is 15.3. The summed E-state index contributed by atoms with van der Waals surface area (Å²) in [5, 5.41) is 17.0. The van der Waals surface area contributed by atoms with E-state index in [4.69, 9.17) is 0 Å². The van der Waals surface area contributed by atoms with Gasteiger partial charge in [0.15, 0.2) is 0 Å². The summed E-state index contributed by atoms with van der Waals surface area (Å²) < 4.78 is 0. The Labute approximate surface area is 283 Å². The average Bonchev–Trinajstić information content (AvgIpc) is 3.08. The first kappa shape index (κ1) is 35.6. The number of nitrogens with one attached hydrogen (secondary N) is 6. The van der Waals surface area contributed by atoms with Crippen LogP contribution in [0.4, 0.5) is 0 Å². The van der Waals surface area contributed by atoms with Crippen molar-refractivity contribution in [3.63, 3.8) is 0 Å². The normalized spacial score (nSPS) is 10.6. The maximum Gasteiger partial charge on any atom is 0.239 e. The van der Waals surface area contributed by atoms with Gasteiger partial charge in [-0.25, -0.2) is 0 Å². The molecule has 4 aromatic rings. The van der Waals surface area contributed by atoms with Gasteiger partial charge >= 0.3 is 0 Å². The molecular weight excluding hydrogens is 657 g/mol. The Bertz CT molecular complexity index is 1720. The Morgan fingerprint density at radius 2 is 0.896 bits per heavy atom. The topological polar surface area (TPSA) is 200 Å². The quantitative estimate of drug-likeness (QED) is 0.0989. The van der Waals surface area contributed by atoms with Crippen LogP contribution in [-0.2, 0) is 41.9 Å². The molecule has 0 saturated carbocycles. The van der Waals surface area contributed by atoms with Crippen molar-refractivity contribution in [3.8, 4) is 0 Å². The van der Waals surface area contributed by atoms with Gasteiger partial charge in [-0.1, -0.05) is 45.9 Å². The van der Waals surface area contributed by atoms with E-state index in [1.54, 1.807) is 12.4 Å². The Morgan fingerprint density at radius 1 is 0.521 bits per heavy atom. The van der Waals surface area contributed by atoms with E-state index < -0.39 is 11.8 Å². The molecule has 0 radical (unpaired) electrons. The van der Waals surface area contributed by atoms with Crippen LogP contribution in [0.3, 0.4) is 0 Å². The van der Waals surface area contributed by atoms with E-state index >= 15 is 0 Å². The largest absolute Gasteiger partial charge is 0.350 e. The van der Waals surface area contributed by atoms with Crippen molar-refractivity contribution >= 4 is 78.8 Å². The average molecular weight is 691 g/mol. The van der Waals surface area contributed by atoms with Crippen molar-refractivity contribution in [2.24, 2.45) is 0 Å². The summed E-state index contributed by atoms with van der Waals surface area (Å²) in [4.78, 5) is 81.1. The second kappa shape index (κ2) is 17.6. The van der Waals surface area contributed by atoms with Crippen LogP contribution in [0, 0.1) is 0 Å². The molecule has 0 aliphatic rings. The maximum atomic E-state index is 12.3. The highest BCUT2D eigenvalue weighted by Gasteiger charge is 2.13. The van der Waals surface area contributed by atoms with Crippen LogP contribution in [-0.4, -0.2) is 71.6 Å². The monoisotopic (exact) mass is 690 g/mol. The van der Waals surface area contributed by atoms with Gasteiger partial charge in [0.2, 0.25) is 35.4 Å². The maximum absolute atomic E-state index is 12.3. The number of pyridine rings is 2. The molecule has 0 aliphatic carbocycles. The number of amides is 6. The first-order valence-electron chi connectivity index (χ1n) is 14.7. The van der Waals surface area contributed by atoms with E-state index in [-0.39, 0.29) is 62.9 Å². The number of benzene rings is 2. The molecule has 0 bridgehead atoms. The molecule has 0 fully saturated rings. The lowest BCUT2D eigenvalue weighted by atomic mass is 10.1. The van der Waals surface area contributed by atoms with Gasteiger partial charge in [0, 0.05) is 59.9 Å². The molecule has 0 atom stereocenters. The summed E-state index contributed by atoms with van der Waals surface area (Å²) in [6.45, 7) is 2.24. The van der Waals surface area contributed by atoms with Gasteiger partial charge in [-0.3, -0.25) is 38.7 Å². The van der Waals surface area contributed by atoms with Crippen molar-refractivity contribution in [2.75, 3.05) is 26.2 Å². The minimum atomic E-state index is -0.461. The number of carbonyl (C=O) groups excluding carboxylic acids is 6. The molecular formula is C32H34N8O6S2. The predicted octanol–water partition coefficient (Wildman–Crippen LogP) is 1.32. The molecule has 6 amide bonds. The number of rotatable bonds is 15. The van der Waals surface area contributed by atoms with Crippen LogP contribution in [0.1, 0.15) is 25.0 Å². The van der Waals surface area contributed by atoms with Crippen LogP contribution in [0.5, 0.6) is 0 Å². The molecule has 0 spiro atoms. The third-order valence-electron chi connectivity index (χ3n) is 6.71. The Hall–Kier alpha value is -5.22. The molecule has 4 rings (SSSR count). The van der Waals surface area contributed by atoms with Crippen molar-refractivity contribution in [3.05, 3.63) is 72.1 Å². The number of aromatic nitrogens is 2. The van der Waals surface area contributed by atoms with Crippen molar-refractivity contribution in [2.45, 2.75) is 36.7 Å². The minimum absolute atomic E-state index is 0.198. The molecule has 0 aliphatic heterocycles. The van der Waals surface area contributed by atoms with Gasteiger partial charge in [-0.2, -0.15) is 0 Å². The molecule has 6 N–H and O–H groups in total. The van der Waals surface area contributed by atoms with E-state index in [2.05, 4.69) is 41.9 Å². The summed E-state index contributed by atoms with van der Waals surface area (Å²) in [5.74, 6) is -2.33. The predicted molar refractivity (Wildman–Crippen MR) is 182 cm³/mol. The highest BCUT2D eigenvalue weighted by atomic mass is 33.1. The molecule has 14 nitrogen and oxygen atoms in total. The Balaban J connectivity index is 1.37. The summed E-state index contributed by atoms with van der Waals surface area (Å²) in [6.07, 6.45) is 3.37. The second-order valence-electron chi connectivity index (χ2n) is 10.3. The first-order chi connectivity index (χ1) is 23.1. The number of para-hydroxylation sites is 2. The van der Waals surface area contributed by atoms with Crippen LogP contribution in [0.25, 0.3) is 21.8 Å². The standard InChI is InChI=1S/C32H34N8O6S2/c1-19(41)35-15-27(43)39-17-29(45)37-13-21-9-11-33-31-23(21)5-3-7-25(31)47-48-26-8-4-6-24-22(10-12-34-32(24)26)14-38-30(46)18-40-28(44)16-36-20(2)42/h3-12H,13-18H2,1-2H3,(H,35,41)(H,36,42)(H,37,45)(H,38,46)(H,39,43)(H,40,44). The third kappa shape index (κ3) is 10.7. The van der Waals surface area contributed by atoms with Gasteiger partial charge in [-0.15, -0.1) is 0 Å². The van der Waals surface area contributed by atoms with Crippen LogP contribution in [0.2, 0.25) is 0 Å². The third-order valence-corrected chi connectivity index (χ3v) is 9.14.